The molecule has 5 nitrogen and oxygen atoms in total. The molecule has 1 unspecified atom stereocenters. The summed E-state index contributed by atoms with van der Waals surface area (Å²) in [6.07, 6.45) is 68.7. The fraction of sp³-hybridized carbons (Fsp3) is 0.719. The Kier molecular flexibility index (Phi) is 50.0. The molecular formula is C57H98O5. The number of carbonyl (C=O) groups excluding carboxylic acids is 2. The summed E-state index contributed by atoms with van der Waals surface area (Å²) >= 11 is 0. The van der Waals surface area contributed by atoms with Gasteiger partial charge in [0.2, 0.25) is 0 Å². The van der Waals surface area contributed by atoms with Crippen molar-refractivity contribution in [2.45, 2.75) is 245 Å². The van der Waals surface area contributed by atoms with Gasteiger partial charge in [0.1, 0.15) is 6.61 Å². The first-order valence-corrected chi connectivity index (χ1v) is 26.1. The number of rotatable bonds is 47. The van der Waals surface area contributed by atoms with Crippen LogP contribution in [0.4, 0.5) is 0 Å². The van der Waals surface area contributed by atoms with Gasteiger partial charge in [-0.25, -0.2) is 0 Å². The molecule has 0 saturated heterocycles. The molecule has 0 heterocycles. The molecule has 62 heavy (non-hydrogen) atoms. The highest BCUT2D eigenvalue weighted by Crippen LogP contribution is 2.13. The predicted octanol–water partition coefficient (Wildman–Crippen LogP) is 17.7. The molecule has 0 N–H and O–H groups in total. The Balaban J connectivity index is 4.38. The smallest absolute Gasteiger partial charge is 0.306 e. The zero-order valence-electron chi connectivity index (χ0n) is 40.9. The number of unbranched alkanes of at least 4 members (excludes halogenated alkanes) is 22. The maximum atomic E-state index is 12.8. The molecule has 356 valence electrons. The second-order valence-electron chi connectivity index (χ2n) is 17.0. The summed E-state index contributed by atoms with van der Waals surface area (Å²) in [6, 6.07) is 0. The zero-order valence-corrected chi connectivity index (χ0v) is 40.9. The summed E-state index contributed by atoms with van der Waals surface area (Å²) in [5, 5.41) is 0. The third kappa shape index (κ3) is 49.7. The Labute approximate surface area is 384 Å². The molecule has 0 radical (unpaired) electrons. The van der Waals surface area contributed by atoms with Crippen LogP contribution in [0.2, 0.25) is 0 Å². The van der Waals surface area contributed by atoms with Crippen LogP contribution in [0, 0.1) is 0 Å². The number of esters is 2. The van der Waals surface area contributed by atoms with Gasteiger partial charge in [0.25, 0.3) is 0 Å². The minimum atomic E-state index is -0.566. The zero-order chi connectivity index (χ0) is 44.9. The van der Waals surface area contributed by atoms with Crippen LogP contribution in [-0.4, -0.2) is 37.9 Å². The summed E-state index contributed by atoms with van der Waals surface area (Å²) in [7, 11) is 0. The van der Waals surface area contributed by atoms with Crippen LogP contribution in [-0.2, 0) is 23.8 Å². The molecule has 0 fully saturated rings. The molecule has 0 aliphatic heterocycles. The molecule has 0 aromatic carbocycles. The highest BCUT2D eigenvalue weighted by atomic mass is 16.6. The Hall–Kier alpha value is -2.92. The second kappa shape index (κ2) is 52.4. The van der Waals surface area contributed by atoms with Gasteiger partial charge in [-0.1, -0.05) is 196 Å². The van der Waals surface area contributed by atoms with Gasteiger partial charge in [-0.2, -0.15) is 0 Å². The molecule has 0 spiro atoms. The molecule has 5 heteroatoms. The van der Waals surface area contributed by atoms with Gasteiger partial charge in [-0.3, -0.25) is 9.59 Å². The van der Waals surface area contributed by atoms with Crippen molar-refractivity contribution in [3.63, 3.8) is 0 Å². The lowest BCUT2D eigenvalue weighted by Gasteiger charge is -2.18. The van der Waals surface area contributed by atoms with Crippen LogP contribution < -0.4 is 0 Å². The van der Waals surface area contributed by atoms with E-state index in [0.717, 1.165) is 109 Å². The normalized spacial score (nSPS) is 12.9. The lowest BCUT2D eigenvalue weighted by atomic mass is 10.1. The lowest BCUT2D eigenvalue weighted by molar-refractivity contribution is -0.163. The molecule has 0 aromatic heterocycles. The van der Waals surface area contributed by atoms with Crippen molar-refractivity contribution in [1.82, 2.24) is 0 Å². The van der Waals surface area contributed by atoms with E-state index in [1.165, 1.54) is 96.3 Å². The molecular weight excluding hydrogens is 765 g/mol. The van der Waals surface area contributed by atoms with E-state index in [4.69, 9.17) is 14.2 Å². The van der Waals surface area contributed by atoms with E-state index < -0.39 is 6.10 Å². The maximum Gasteiger partial charge on any atom is 0.306 e. The van der Waals surface area contributed by atoms with Gasteiger partial charge in [-0.15, -0.1) is 0 Å². The molecule has 0 aromatic rings. The van der Waals surface area contributed by atoms with Crippen molar-refractivity contribution in [1.29, 1.82) is 0 Å². The largest absolute Gasteiger partial charge is 0.462 e. The number of carbonyl (C=O) groups is 2. The lowest BCUT2D eigenvalue weighted by Crippen LogP contribution is -2.30. The average Bonchev–Trinajstić information content (AvgIpc) is 3.27. The number of ether oxygens (including phenoxy) is 3. The standard InChI is InChI=1S/C57H98O5/c1-4-7-10-13-16-19-22-25-28-31-34-37-40-43-46-49-52-60-53-55(62-57(59)51-48-45-42-39-36-33-30-27-24-21-18-15-12-9-6-3)54-61-56(58)50-47-44-41-38-35-32-29-26-23-20-17-14-11-8-5-2/h7,10,16-17,19-20,25-30,34,37,55H,4-6,8-9,11-15,18,21-24,31-33,35-36,38-54H2,1-3H3/b10-7-,19-16-,20-17-,28-25-,29-26-,30-27-,37-34-. The summed E-state index contributed by atoms with van der Waals surface area (Å²) < 4.78 is 17.4. The number of hydrogen-bond donors (Lipinski definition) is 0. The van der Waals surface area contributed by atoms with Crippen LogP contribution in [0.5, 0.6) is 0 Å². The van der Waals surface area contributed by atoms with Crippen LogP contribution in [0.25, 0.3) is 0 Å². The summed E-state index contributed by atoms with van der Waals surface area (Å²) in [5.41, 5.74) is 0. The molecule has 0 saturated carbocycles. The van der Waals surface area contributed by atoms with Crippen molar-refractivity contribution in [3.05, 3.63) is 85.1 Å². The van der Waals surface area contributed by atoms with Crippen molar-refractivity contribution in [2.75, 3.05) is 19.8 Å². The van der Waals surface area contributed by atoms with Gasteiger partial charge in [0.05, 0.1) is 6.61 Å². The van der Waals surface area contributed by atoms with Gasteiger partial charge in [-0.05, 0) is 116 Å². The molecule has 0 amide bonds. The highest BCUT2D eigenvalue weighted by Gasteiger charge is 2.17. The number of allylic oxidation sites excluding steroid dienone is 14. The monoisotopic (exact) mass is 863 g/mol. The van der Waals surface area contributed by atoms with Crippen LogP contribution in [0.15, 0.2) is 85.1 Å². The third-order valence-corrected chi connectivity index (χ3v) is 10.9. The van der Waals surface area contributed by atoms with Crippen molar-refractivity contribution < 1.29 is 23.8 Å². The highest BCUT2D eigenvalue weighted by molar-refractivity contribution is 5.70. The Bertz CT molecular complexity index is 1160. The molecule has 0 rings (SSSR count). The van der Waals surface area contributed by atoms with E-state index in [0.29, 0.717) is 19.4 Å². The van der Waals surface area contributed by atoms with E-state index in [2.05, 4.69) is 106 Å². The van der Waals surface area contributed by atoms with Crippen LogP contribution in [0.1, 0.15) is 239 Å². The van der Waals surface area contributed by atoms with Crippen molar-refractivity contribution in [2.24, 2.45) is 0 Å². The second-order valence-corrected chi connectivity index (χ2v) is 17.0. The Morgan fingerprint density at radius 1 is 0.371 bits per heavy atom. The van der Waals surface area contributed by atoms with Gasteiger partial charge < -0.3 is 14.2 Å². The average molecular weight is 863 g/mol. The van der Waals surface area contributed by atoms with E-state index in [9.17, 15) is 9.59 Å². The van der Waals surface area contributed by atoms with Gasteiger partial charge >= 0.3 is 11.9 Å². The maximum absolute atomic E-state index is 12.8. The van der Waals surface area contributed by atoms with E-state index >= 15 is 0 Å². The van der Waals surface area contributed by atoms with E-state index in [-0.39, 0.29) is 25.2 Å². The predicted molar refractivity (Wildman–Crippen MR) is 270 cm³/mol. The SMILES string of the molecule is CC/C=C\C/C=C\C/C=C\C/C=C\CCCCCOCC(COC(=O)CCCCCCC/C=C\C/C=C\CCCCC)OC(=O)CCCCCCC/C=C\CCCCCCCC. The fourth-order valence-corrected chi connectivity index (χ4v) is 7.00. The van der Waals surface area contributed by atoms with Crippen molar-refractivity contribution >= 4 is 11.9 Å². The topological polar surface area (TPSA) is 61.8 Å². The van der Waals surface area contributed by atoms with Gasteiger partial charge in [0, 0.05) is 19.4 Å². The van der Waals surface area contributed by atoms with Gasteiger partial charge in [0.15, 0.2) is 6.10 Å². The quantitative estimate of drug-likeness (QED) is 0.0346. The van der Waals surface area contributed by atoms with E-state index in [1.54, 1.807) is 0 Å². The fourth-order valence-electron chi connectivity index (χ4n) is 7.00. The Morgan fingerprint density at radius 2 is 0.726 bits per heavy atom. The first-order valence-electron chi connectivity index (χ1n) is 26.1. The Morgan fingerprint density at radius 3 is 1.21 bits per heavy atom. The van der Waals surface area contributed by atoms with Crippen LogP contribution in [0.3, 0.4) is 0 Å². The third-order valence-electron chi connectivity index (χ3n) is 10.9. The summed E-state index contributed by atoms with van der Waals surface area (Å²) in [6.45, 7) is 7.59. The summed E-state index contributed by atoms with van der Waals surface area (Å²) in [5.74, 6) is -0.441. The van der Waals surface area contributed by atoms with Crippen LogP contribution >= 0.6 is 0 Å². The molecule has 0 aliphatic carbocycles. The van der Waals surface area contributed by atoms with Crippen molar-refractivity contribution in [3.8, 4) is 0 Å². The molecule has 0 aliphatic rings. The first kappa shape index (κ1) is 59.1. The minimum absolute atomic E-state index is 0.0586. The summed E-state index contributed by atoms with van der Waals surface area (Å²) in [4.78, 5) is 25.4. The first-order chi connectivity index (χ1) is 30.6. The number of hydrogen-bond acceptors (Lipinski definition) is 5. The molecule has 0 bridgehead atoms. The molecule has 1 atom stereocenters. The van der Waals surface area contributed by atoms with E-state index in [1.807, 2.05) is 0 Å². The minimum Gasteiger partial charge on any atom is -0.462 e.